The van der Waals surface area contributed by atoms with Gasteiger partial charge in [-0.2, -0.15) is 0 Å². The molecule has 0 radical (unpaired) electrons. The summed E-state index contributed by atoms with van der Waals surface area (Å²) in [6.07, 6.45) is 3.98. The van der Waals surface area contributed by atoms with Crippen LogP contribution < -0.4 is 5.73 Å². The summed E-state index contributed by atoms with van der Waals surface area (Å²) in [5, 5.41) is 17.6. The second kappa shape index (κ2) is 15.7. The van der Waals surface area contributed by atoms with Gasteiger partial charge in [0.15, 0.2) is 9.84 Å². The molecule has 11 nitrogen and oxygen atoms in total. The molecule has 0 amide bonds. The van der Waals surface area contributed by atoms with E-state index in [1.165, 1.54) is 13.4 Å². The molecule has 13 heteroatoms. The van der Waals surface area contributed by atoms with Crippen LogP contribution in [-0.2, 0) is 35.3 Å². The second-order valence-electron chi connectivity index (χ2n) is 9.58. The van der Waals surface area contributed by atoms with Crippen LogP contribution in [0.4, 0.5) is 0 Å². The van der Waals surface area contributed by atoms with E-state index in [1.807, 2.05) is 12.1 Å². The van der Waals surface area contributed by atoms with Crippen LogP contribution in [0.15, 0.2) is 29.2 Å². The van der Waals surface area contributed by atoms with Gasteiger partial charge in [-0.3, -0.25) is 9.69 Å². The van der Waals surface area contributed by atoms with E-state index < -0.39 is 28.7 Å². The average molecular weight is 543 g/mol. The number of carbonyl (C=O) groups excluding carboxylic acids is 1. The summed E-state index contributed by atoms with van der Waals surface area (Å²) in [5.74, 6) is -0.445. The number of sulfone groups is 1. The molecule has 0 aromatic heterocycles. The number of unbranched alkanes of at least 4 members (excludes halogenated alkanes) is 1. The van der Waals surface area contributed by atoms with Gasteiger partial charge in [-0.15, -0.1) is 0 Å². The minimum absolute atomic E-state index is 0.146. The van der Waals surface area contributed by atoms with Crippen LogP contribution in [0.3, 0.4) is 0 Å². The summed E-state index contributed by atoms with van der Waals surface area (Å²) < 4.78 is 38.3. The number of piperazine rings is 1. The SMILES string of the molecule is COCCOC(=O)C(N)(CCCCOB(O)O)CCCN1CCN(Cc2ccc(S(C)(=O)=O)cc2)CC1. The van der Waals surface area contributed by atoms with E-state index in [4.69, 9.17) is 29.9 Å². The van der Waals surface area contributed by atoms with Crippen LogP contribution in [0, 0.1) is 0 Å². The number of esters is 1. The van der Waals surface area contributed by atoms with Crippen molar-refractivity contribution in [3.05, 3.63) is 29.8 Å². The number of methoxy groups -OCH3 is 1. The highest BCUT2D eigenvalue weighted by atomic mass is 32.2. The highest BCUT2D eigenvalue weighted by Gasteiger charge is 2.35. The van der Waals surface area contributed by atoms with Crippen LogP contribution in [-0.4, -0.2) is 113 Å². The van der Waals surface area contributed by atoms with Gasteiger partial charge in [-0.1, -0.05) is 12.1 Å². The molecular weight excluding hydrogens is 501 g/mol. The summed E-state index contributed by atoms with van der Waals surface area (Å²) in [7, 11) is -3.46. The Bertz CT molecular complexity index is 911. The number of rotatable bonds is 17. The maximum atomic E-state index is 12.7. The summed E-state index contributed by atoms with van der Waals surface area (Å²) in [5.41, 5.74) is 6.47. The van der Waals surface area contributed by atoms with Crippen molar-refractivity contribution in [3.8, 4) is 0 Å². The molecular formula is C24H42BN3O8S. The minimum Gasteiger partial charge on any atom is -0.462 e. The fourth-order valence-electron chi connectivity index (χ4n) is 4.31. The number of ether oxygens (including phenoxy) is 2. The highest BCUT2D eigenvalue weighted by molar-refractivity contribution is 7.90. The van der Waals surface area contributed by atoms with Crippen LogP contribution in [0.25, 0.3) is 0 Å². The van der Waals surface area contributed by atoms with Gasteiger partial charge < -0.3 is 34.8 Å². The lowest BCUT2D eigenvalue weighted by atomic mass is 9.88. The Morgan fingerprint density at radius 3 is 2.22 bits per heavy atom. The van der Waals surface area contributed by atoms with Gasteiger partial charge in [0.1, 0.15) is 12.1 Å². The Morgan fingerprint density at radius 2 is 1.62 bits per heavy atom. The van der Waals surface area contributed by atoms with Gasteiger partial charge in [-0.05, 0) is 56.3 Å². The minimum atomic E-state index is -3.19. The van der Waals surface area contributed by atoms with Crippen molar-refractivity contribution in [3.63, 3.8) is 0 Å². The molecule has 0 spiro atoms. The average Bonchev–Trinajstić information content (AvgIpc) is 2.84. The van der Waals surface area contributed by atoms with Crippen molar-refractivity contribution in [2.24, 2.45) is 5.73 Å². The molecule has 1 atom stereocenters. The third kappa shape index (κ3) is 11.8. The van der Waals surface area contributed by atoms with Crippen molar-refractivity contribution in [2.45, 2.75) is 49.1 Å². The molecule has 0 aliphatic carbocycles. The maximum Gasteiger partial charge on any atom is 0.633 e. The first kappa shape index (κ1) is 31.6. The zero-order valence-corrected chi connectivity index (χ0v) is 22.8. The number of nitrogens with two attached hydrogens (primary N) is 1. The number of carbonyl (C=O) groups is 1. The Morgan fingerprint density at radius 1 is 1.00 bits per heavy atom. The highest BCUT2D eigenvalue weighted by Crippen LogP contribution is 2.21. The molecule has 2 rings (SSSR count). The van der Waals surface area contributed by atoms with E-state index >= 15 is 0 Å². The largest absolute Gasteiger partial charge is 0.633 e. The third-order valence-corrected chi connectivity index (χ3v) is 7.66. The van der Waals surface area contributed by atoms with Gasteiger partial charge in [-0.25, -0.2) is 8.42 Å². The zero-order valence-electron chi connectivity index (χ0n) is 22.0. The smallest absolute Gasteiger partial charge is 0.462 e. The lowest BCUT2D eigenvalue weighted by Crippen LogP contribution is -2.50. The van der Waals surface area contributed by atoms with E-state index in [-0.39, 0.29) is 13.2 Å². The molecule has 37 heavy (non-hydrogen) atoms. The molecule has 4 N–H and O–H groups in total. The standard InChI is InChI=1S/C24H42BN3O8S/c1-34-18-19-35-23(29)24(26,10-3-4-17-36-25(30)31)11-5-12-27-13-15-28(16-14-27)20-21-6-8-22(9-7-21)37(2,32)33/h6-9,30-31H,3-5,10-20,26H2,1-2H3. The number of hydrogen-bond acceptors (Lipinski definition) is 11. The van der Waals surface area contributed by atoms with Crippen molar-refractivity contribution < 1.29 is 37.4 Å². The van der Waals surface area contributed by atoms with E-state index in [9.17, 15) is 13.2 Å². The number of benzene rings is 1. The first-order valence-corrected chi connectivity index (χ1v) is 14.6. The fourth-order valence-corrected chi connectivity index (χ4v) is 4.94. The number of nitrogens with zero attached hydrogens (tertiary/aromatic N) is 2. The van der Waals surface area contributed by atoms with Gasteiger partial charge in [0.25, 0.3) is 0 Å². The normalized spacial score (nSPS) is 16.9. The first-order valence-electron chi connectivity index (χ1n) is 12.7. The Balaban J connectivity index is 1.77. The molecule has 1 aromatic carbocycles. The molecule has 1 aliphatic heterocycles. The first-order chi connectivity index (χ1) is 17.5. The summed E-state index contributed by atoms with van der Waals surface area (Å²) >= 11 is 0. The number of hydrogen-bond donors (Lipinski definition) is 3. The van der Waals surface area contributed by atoms with Crippen LogP contribution in [0.2, 0.25) is 0 Å². The lowest BCUT2D eigenvalue weighted by molar-refractivity contribution is -0.152. The van der Waals surface area contributed by atoms with Crippen LogP contribution in [0.1, 0.15) is 37.7 Å². The summed E-state index contributed by atoms with van der Waals surface area (Å²) in [4.78, 5) is 17.8. The van der Waals surface area contributed by atoms with E-state index in [1.54, 1.807) is 12.1 Å². The van der Waals surface area contributed by atoms with E-state index in [2.05, 4.69) is 9.80 Å². The predicted molar refractivity (Wildman–Crippen MR) is 140 cm³/mol. The third-order valence-electron chi connectivity index (χ3n) is 6.53. The molecule has 1 aliphatic rings. The molecule has 1 saturated heterocycles. The van der Waals surface area contributed by atoms with Gasteiger partial charge in [0.2, 0.25) is 0 Å². The Kier molecular flexibility index (Phi) is 13.5. The summed E-state index contributed by atoms with van der Waals surface area (Å²) in [6, 6.07) is 7.05. The van der Waals surface area contributed by atoms with Gasteiger partial charge in [0, 0.05) is 52.7 Å². The van der Waals surface area contributed by atoms with Crippen molar-refractivity contribution in [1.29, 1.82) is 0 Å². The van der Waals surface area contributed by atoms with Gasteiger partial charge in [0.05, 0.1) is 11.5 Å². The summed E-state index contributed by atoms with van der Waals surface area (Å²) in [6.45, 7) is 5.81. The Hall–Kier alpha value is -1.58. The lowest BCUT2D eigenvalue weighted by Gasteiger charge is -2.35. The topological polar surface area (TPSA) is 152 Å². The van der Waals surface area contributed by atoms with E-state index in [0.717, 1.165) is 51.3 Å². The second-order valence-corrected chi connectivity index (χ2v) is 11.6. The Labute approximate surface area is 220 Å². The fraction of sp³-hybridized carbons (Fsp3) is 0.708. The maximum absolute atomic E-state index is 12.7. The molecule has 1 aromatic rings. The van der Waals surface area contributed by atoms with Crippen LogP contribution in [0.5, 0.6) is 0 Å². The van der Waals surface area contributed by atoms with E-state index in [0.29, 0.717) is 37.2 Å². The molecule has 1 unspecified atom stereocenters. The van der Waals surface area contributed by atoms with Gasteiger partial charge >= 0.3 is 13.3 Å². The molecule has 1 heterocycles. The quantitative estimate of drug-likeness (QED) is 0.139. The monoisotopic (exact) mass is 543 g/mol. The van der Waals surface area contributed by atoms with Crippen molar-refractivity contribution >= 4 is 23.1 Å². The molecule has 0 bridgehead atoms. The molecule has 1 fully saturated rings. The van der Waals surface area contributed by atoms with Crippen molar-refractivity contribution in [2.75, 3.05) is 65.9 Å². The predicted octanol–water partition coefficient (Wildman–Crippen LogP) is 0.0314. The molecule has 210 valence electrons. The van der Waals surface area contributed by atoms with Crippen LogP contribution >= 0.6 is 0 Å². The van der Waals surface area contributed by atoms with Crippen molar-refractivity contribution in [1.82, 2.24) is 9.80 Å². The molecule has 0 saturated carbocycles. The zero-order chi connectivity index (χ0) is 27.3.